The third-order valence-corrected chi connectivity index (χ3v) is 3.17. The first-order chi connectivity index (χ1) is 8.34. The van der Waals surface area contributed by atoms with E-state index in [-0.39, 0.29) is 5.97 Å². The van der Waals surface area contributed by atoms with Gasteiger partial charge in [0.05, 0.1) is 5.52 Å². The molecule has 3 rings (SSSR count). The molecule has 0 spiro atoms. The van der Waals surface area contributed by atoms with Crippen molar-refractivity contribution >= 4 is 28.3 Å². The Morgan fingerprint density at radius 3 is 2.94 bits per heavy atom. The van der Waals surface area contributed by atoms with Crippen molar-refractivity contribution in [3.05, 3.63) is 53.0 Å². The Kier molecular flexibility index (Phi) is 2.38. The summed E-state index contributed by atoms with van der Waals surface area (Å²) in [5, 5.41) is 1.84. The Labute approximate surface area is 101 Å². The predicted molar refractivity (Wildman–Crippen MR) is 65.0 cm³/mol. The zero-order valence-electron chi connectivity index (χ0n) is 8.74. The molecule has 0 saturated carbocycles. The summed E-state index contributed by atoms with van der Waals surface area (Å²) in [6, 6.07) is 11.0. The first-order valence-corrected chi connectivity index (χ1v) is 5.91. The number of imidazole rings is 1. The van der Waals surface area contributed by atoms with Gasteiger partial charge in [-0.05, 0) is 23.6 Å². The second kappa shape index (κ2) is 4.03. The molecule has 0 bridgehead atoms. The summed E-state index contributed by atoms with van der Waals surface area (Å²) in [4.78, 5) is 21.7. The molecule has 2 heterocycles. The van der Waals surface area contributed by atoms with E-state index in [9.17, 15) is 4.79 Å². The van der Waals surface area contributed by atoms with E-state index in [1.807, 2.05) is 35.7 Å². The highest BCUT2D eigenvalue weighted by Gasteiger charge is 2.11. The number of thiophene rings is 1. The minimum atomic E-state index is -0.372. The van der Waals surface area contributed by atoms with E-state index < -0.39 is 0 Å². The third kappa shape index (κ3) is 1.81. The summed E-state index contributed by atoms with van der Waals surface area (Å²) >= 11 is 1.35. The van der Waals surface area contributed by atoms with Crippen LogP contribution in [0.5, 0.6) is 0 Å². The van der Waals surface area contributed by atoms with E-state index in [1.165, 1.54) is 22.4 Å². The highest BCUT2D eigenvalue weighted by molar-refractivity contribution is 7.11. The van der Waals surface area contributed by atoms with Gasteiger partial charge in [-0.1, -0.05) is 18.2 Å². The van der Waals surface area contributed by atoms with Crippen LogP contribution in [0.25, 0.3) is 11.0 Å². The Balaban J connectivity index is 1.93. The van der Waals surface area contributed by atoms with Crippen molar-refractivity contribution in [1.82, 2.24) is 9.71 Å². The van der Waals surface area contributed by atoms with E-state index in [0.29, 0.717) is 4.88 Å². The number of para-hydroxylation sites is 2. The number of carbonyl (C=O) groups excluding carboxylic acids is 1. The number of hydrogen-bond donors (Lipinski definition) is 0. The van der Waals surface area contributed by atoms with Crippen LogP contribution >= 0.6 is 11.3 Å². The molecule has 0 amide bonds. The van der Waals surface area contributed by atoms with Crippen molar-refractivity contribution in [3.63, 3.8) is 0 Å². The van der Waals surface area contributed by atoms with Gasteiger partial charge in [-0.2, -0.15) is 4.73 Å². The summed E-state index contributed by atoms with van der Waals surface area (Å²) in [5.74, 6) is -0.372. The molecule has 0 atom stereocenters. The van der Waals surface area contributed by atoms with Crippen LogP contribution in [-0.2, 0) is 0 Å². The van der Waals surface area contributed by atoms with Crippen molar-refractivity contribution in [1.29, 1.82) is 0 Å². The Morgan fingerprint density at radius 2 is 2.12 bits per heavy atom. The van der Waals surface area contributed by atoms with Gasteiger partial charge in [0.15, 0.2) is 0 Å². The predicted octanol–water partition coefficient (Wildman–Crippen LogP) is 2.37. The van der Waals surface area contributed by atoms with Crippen LogP contribution in [0, 0.1) is 0 Å². The van der Waals surface area contributed by atoms with Crippen molar-refractivity contribution < 1.29 is 9.63 Å². The van der Waals surface area contributed by atoms with Crippen molar-refractivity contribution in [2.45, 2.75) is 0 Å². The fraction of sp³-hybridized carbons (Fsp3) is 0. The molecule has 5 heteroatoms. The van der Waals surface area contributed by atoms with Crippen LogP contribution in [0.2, 0.25) is 0 Å². The van der Waals surface area contributed by atoms with Crippen molar-refractivity contribution in [2.75, 3.05) is 0 Å². The van der Waals surface area contributed by atoms with Crippen molar-refractivity contribution in [2.24, 2.45) is 0 Å². The Hall–Kier alpha value is -2.14. The van der Waals surface area contributed by atoms with Crippen LogP contribution in [-0.4, -0.2) is 15.7 Å². The molecule has 0 radical (unpaired) electrons. The highest BCUT2D eigenvalue weighted by Crippen LogP contribution is 2.12. The molecule has 0 fully saturated rings. The molecule has 1 aromatic carbocycles. The van der Waals surface area contributed by atoms with Gasteiger partial charge in [0.1, 0.15) is 16.7 Å². The zero-order valence-corrected chi connectivity index (χ0v) is 9.55. The molecule has 0 aliphatic rings. The van der Waals surface area contributed by atoms with Crippen LogP contribution in [0.15, 0.2) is 48.1 Å². The van der Waals surface area contributed by atoms with Gasteiger partial charge in [0, 0.05) is 0 Å². The fourth-order valence-electron chi connectivity index (χ4n) is 1.54. The number of carbonyl (C=O) groups is 1. The molecule has 0 aliphatic heterocycles. The normalized spacial score (nSPS) is 10.6. The number of nitrogens with zero attached hydrogens (tertiary/aromatic N) is 2. The quantitative estimate of drug-likeness (QED) is 0.695. The summed E-state index contributed by atoms with van der Waals surface area (Å²) < 4.78 is 1.39. The van der Waals surface area contributed by atoms with Gasteiger partial charge in [-0.25, -0.2) is 9.78 Å². The monoisotopic (exact) mass is 244 g/mol. The van der Waals surface area contributed by atoms with Gasteiger partial charge < -0.3 is 4.84 Å². The van der Waals surface area contributed by atoms with Gasteiger partial charge >= 0.3 is 5.97 Å². The molecule has 84 valence electrons. The molecule has 0 unspecified atom stereocenters. The van der Waals surface area contributed by atoms with E-state index >= 15 is 0 Å². The lowest BCUT2D eigenvalue weighted by Crippen LogP contribution is -2.17. The van der Waals surface area contributed by atoms with E-state index in [4.69, 9.17) is 4.84 Å². The Bertz CT molecular complexity index is 658. The summed E-state index contributed by atoms with van der Waals surface area (Å²) in [5.41, 5.74) is 1.57. The minimum absolute atomic E-state index is 0.372. The molecule has 0 N–H and O–H groups in total. The molecular weight excluding hydrogens is 236 g/mol. The lowest BCUT2D eigenvalue weighted by atomic mass is 10.3. The maximum Gasteiger partial charge on any atom is 0.373 e. The number of hydrogen-bond acceptors (Lipinski definition) is 4. The molecule has 4 nitrogen and oxygen atoms in total. The number of rotatable bonds is 2. The van der Waals surface area contributed by atoms with E-state index in [0.717, 1.165) is 11.0 Å². The maximum absolute atomic E-state index is 11.8. The van der Waals surface area contributed by atoms with E-state index in [1.54, 1.807) is 6.07 Å². The largest absolute Gasteiger partial charge is 0.373 e. The smallest absolute Gasteiger partial charge is 0.329 e. The van der Waals surface area contributed by atoms with Gasteiger partial charge in [0.2, 0.25) is 0 Å². The SMILES string of the molecule is O=C(On1cnc2ccccc21)c1cccs1. The second-order valence-corrected chi connectivity index (χ2v) is 4.36. The van der Waals surface area contributed by atoms with E-state index in [2.05, 4.69) is 4.98 Å². The van der Waals surface area contributed by atoms with Crippen LogP contribution in [0.1, 0.15) is 9.67 Å². The lowest BCUT2D eigenvalue weighted by molar-refractivity contribution is 0.0485. The number of fused-ring (bicyclic) bond motifs is 1. The van der Waals surface area contributed by atoms with Gasteiger partial charge in [-0.15, -0.1) is 11.3 Å². The first-order valence-electron chi connectivity index (χ1n) is 5.03. The average Bonchev–Trinajstić information content (AvgIpc) is 2.98. The highest BCUT2D eigenvalue weighted by atomic mass is 32.1. The van der Waals surface area contributed by atoms with Gasteiger partial charge in [-0.3, -0.25) is 0 Å². The van der Waals surface area contributed by atoms with Crippen LogP contribution in [0.3, 0.4) is 0 Å². The molecule has 3 aromatic rings. The molecule has 2 aromatic heterocycles. The summed E-state index contributed by atoms with van der Waals surface area (Å²) in [6.45, 7) is 0. The lowest BCUT2D eigenvalue weighted by Gasteiger charge is -2.02. The zero-order chi connectivity index (χ0) is 11.7. The number of aromatic nitrogens is 2. The minimum Gasteiger partial charge on any atom is -0.329 e. The molecule has 0 saturated heterocycles. The molecule has 17 heavy (non-hydrogen) atoms. The topological polar surface area (TPSA) is 44.1 Å². The third-order valence-electron chi connectivity index (χ3n) is 2.32. The summed E-state index contributed by atoms with van der Waals surface area (Å²) in [6.07, 6.45) is 1.50. The first kappa shape index (κ1) is 10.0. The maximum atomic E-state index is 11.8. The molecule has 0 aliphatic carbocycles. The van der Waals surface area contributed by atoms with Crippen molar-refractivity contribution in [3.8, 4) is 0 Å². The average molecular weight is 244 g/mol. The Morgan fingerprint density at radius 1 is 1.24 bits per heavy atom. The number of benzene rings is 1. The van der Waals surface area contributed by atoms with Crippen LogP contribution in [0.4, 0.5) is 0 Å². The molecular formula is C12H8N2O2S. The fourth-order valence-corrected chi connectivity index (χ4v) is 2.13. The second-order valence-electron chi connectivity index (χ2n) is 3.42. The van der Waals surface area contributed by atoms with Gasteiger partial charge in [0.25, 0.3) is 0 Å². The standard InChI is InChI=1S/C12H8N2O2S/c15-12(11-6-3-7-17-11)16-14-8-13-9-4-1-2-5-10(9)14/h1-8H. The summed E-state index contributed by atoms with van der Waals surface area (Å²) in [7, 11) is 0. The van der Waals surface area contributed by atoms with Crippen LogP contribution < -0.4 is 4.84 Å².